The molecule has 0 unspecified atom stereocenters. The Kier molecular flexibility index (Phi) is 8.91. The van der Waals surface area contributed by atoms with Crippen LogP contribution in [0.25, 0.3) is 17.1 Å². The molecule has 0 bridgehead atoms. The maximum absolute atomic E-state index is 13.1. The number of nitrogens with zero attached hydrogens (tertiary/aromatic N) is 5. The van der Waals surface area contributed by atoms with Gasteiger partial charge in [0.1, 0.15) is 12.1 Å². The van der Waals surface area contributed by atoms with Gasteiger partial charge in [0.2, 0.25) is 5.91 Å². The number of amides is 3. The Labute approximate surface area is 258 Å². The number of hydrogen-bond donors (Lipinski definition) is 1. The van der Waals surface area contributed by atoms with Crippen molar-refractivity contribution in [1.29, 1.82) is 0 Å². The average molecular weight is 645 g/mol. The van der Waals surface area contributed by atoms with Crippen molar-refractivity contribution in [3.05, 3.63) is 90.3 Å². The maximum Gasteiger partial charge on any atom is 0.499 e. The van der Waals surface area contributed by atoms with Gasteiger partial charge in [-0.1, -0.05) is 68.1 Å². The lowest BCUT2D eigenvalue weighted by molar-refractivity contribution is -0.360. The fourth-order valence-corrected chi connectivity index (χ4v) is 5.19. The van der Waals surface area contributed by atoms with E-state index in [2.05, 4.69) is 25.1 Å². The molecule has 5 rings (SSSR count). The number of para-hydroxylation sites is 1. The number of nitrogens with one attached hydrogen (secondary N) is 1. The van der Waals surface area contributed by atoms with Gasteiger partial charge in [-0.3, -0.25) is 9.69 Å². The van der Waals surface area contributed by atoms with E-state index in [9.17, 15) is 31.5 Å². The van der Waals surface area contributed by atoms with Crippen LogP contribution in [0.3, 0.4) is 0 Å². The summed E-state index contributed by atoms with van der Waals surface area (Å²) in [5.41, 5.74) is 3.42. The molecule has 1 aliphatic rings. The fourth-order valence-electron chi connectivity index (χ4n) is 4.33. The van der Waals surface area contributed by atoms with Crippen molar-refractivity contribution in [2.75, 3.05) is 10.7 Å². The van der Waals surface area contributed by atoms with E-state index in [4.69, 9.17) is 0 Å². The van der Waals surface area contributed by atoms with Crippen molar-refractivity contribution in [3.63, 3.8) is 0 Å². The summed E-state index contributed by atoms with van der Waals surface area (Å²) in [4.78, 5) is 35.2. The second kappa shape index (κ2) is 12.7. The van der Waals surface area contributed by atoms with Gasteiger partial charge in [-0.2, -0.15) is 26.9 Å². The van der Waals surface area contributed by atoms with Crippen molar-refractivity contribution >= 4 is 34.6 Å². The number of rotatable bonds is 8. The number of benzene rings is 3. The number of anilines is 1. The lowest BCUT2D eigenvalue weighted by Gasteiger charge is -2.21. The molecule has 1 fully saturated rings. The standard InChI is InChI=1S/C30H25F5N6O3S/c1-18(2)23-5-3-4-6-24(23)41-25(42)16-45-28(41)38-27(43)36-15-19-7-9-20(10-8-19)26-37-17-40(39-26)21-11-13-22(14-12-21)44-30(34,35)29(31,32)33/h3-14,17-18H,15-16H2,1-2H3,(H,36,43). The molecule has 0 radical (unpaired) electrons. The first kappa shape index (κ1) is 31.6. The molecular weight excluding hydrogens is 619 g/mol. The molecule has 0 spiro atoms. The van der Waals surface area contributed by atoms with Gasteiger partial charge in [-0.15, -0.1) is 5.10 Å². The molecule has 0 atom stereocenters. The van der Waals surface area contributed by atoms with Crippen LogP contribution < -0.4 is 15.0 Å². The quantitative estimate of drug-likeness (QED) is 0.209. The molecule has 15 heteroatoms. The van der Waals surface area contributed by atoms with E-state index < -0.39 is 24.1 Å². The summed E-state index contributed by atoms with van der Waals surface area (Å²) < 4.78 is 68.5. The number of thioether (sulfide) groups is 1. The topological polar surface area (TPSA) is 102 Å². The number of urea groups is 1. The summed E-state index contributed by atoms with van der Waals surface area (Å²) in [7, 11) is 0. The average Bonchev–Trinajstić information content (AvgIpc) is 3.63. The zero-order valence-electron chi connectivity index (χ0n) is 23.8. The molecule has 45 heavy (non-hydrogen) atoms. The van der Waals surface area contributed by atoms with Gasteiger partial charge >= 0.3 is 18.3 Å². The molecule has 1 aliphatic heterocycles. The highest BCUT2D eigenvalue weighted by atomic mass is 32.2. The summed E-state index contributed by atoms with van der Waals surface area (Å²) in [5.74, 6) is -0.140. The van der Waals surface area contributed by atoms with Crippen LogP contribution in [0.2, 0.25) is 0 Å². The summed E-state index contributed by atoms with van der Waals surface area (Å²) in [5, 5.41) is 7.36. The van der Waals surface area contributed by atoms with E-state index in [1.54, 1.807) is 24.3 Å². The maximum atomic E-state index is 13.1. The van der Waals surface area contributed by atoms with Crippen LogP contribution in [0.4, 0.5) is 32.4 Å². The Bertz CT molecular complexity index is 1720. The summed E-state index contributed by atoms with van der Waals surface area (Å²) >= 11 is 1.20. The second-order valence-electron chi connectivity index (χ2n) is 10.1. The minimum atomic E-state index is -5.85. The summed E-state index contributed by atoms with van der Waals surface area (Å²) in [6, 6.07) is 18.4. The van der Waals surface area contributed by atoms with E-state index >= 15 is 0 Å². The van der Waals surface area contributed by atoms with Gasteiger partial charge in [0, 0.05) is 12.1 Å². The van der Waals surface area contributed by atoms with Crippen molar-refractivity contribution in [2.24, 2.45) is 4.99 Å². The minimum Gasteiger partial charge on any atom is -0.426 e. The first-order valence-electron chi connectivity index (χ1n) is 13.5. The number of aliphatic imine (C=N–C) groups is 1. The molecule has 2 heterocycles. The Morgan fingerprint density at radius 1 is 1.02 bits per heavy atom. The van der Waals surface area contributed by atoms with Crippen molar-refractivity contribution < 1.29 is 36.3 Å². The number of carbonyl (C=O) groups excluding carboxylic acids is 2. The van der Waals surface area contributed by atoms with Gasteiger partial charge in [0.25, 0.3) is 0 Å². The Morgan fingerprint density at radius 3 is 2.38 bits per heavy atom. The number of aromatic nitrogens is 3. The fraction of sp³-hybridized carbons (Fsp3) is 0.233. The Balaban J connectivity index is 1.20. The minimum absolute atomic E-state index is 0.150. The van der Waals surface area contributed by atoms with Crippen molar-refractivity contribution in [3.8, 4) is 22.8 Å². The molecule has 9 nitrogen and oxygen atoms in total. The van der Waals surface area contributed by atoms with Crippen LogP contribution in [0.1, 0.15) is 30.9 Å². The van der Waals surface area contributed by atoms with E-state index in [0.29, 0.717) is 27.9 Å². The number of hydrogen-bond acceptors (Lipinski definition) is 6. The smallest absolute Gasteiger partial charge is 0.426 e. The Hall–Kier alpha value is -4.79. The molecule has 234 valence electrons. The van der Waals surface area contributed by atoms with Gasteiger partial charge in [0.15, 0.2) is 11.0 Å². The molecule has 3 amide bonds. The summed E-state index contributed by atoms with van der Waals surface area (Å²) in [6.45, 7) is 4.22. The van der Waals surface area contributed by atoms with Crippen LogP contribution in [0, 0.1) is 0 Å². The monoisotopic (exact) mass is 644 g/mol. The van der Waals surface area contributed by atoms with Gasteiger partial charge in [-0.05, 0) is 47.4 Å². The molecular formula is C30H25F5N6O3S. The van der Waals surface area contributed by atoms with Gasteiger partial charge in [0.05, 0.1) is 17.1 Å². The van der Waals surface area contributed by atoms with Crippen LogP contribution in [0.5, 0.6) is 5.75 Å². The predicted octanol–water partition coefficient (Wildman–Crippen LogP) is 6.94. The van der Waals surface area contributed by atoms with Gasteiger partial charge in [-0.25, -0.2) is 14.5 Å². The van der Waals surface area contributed by atoms with Crippen LogP contribution >= 0.6 is 11.8 Å². The second-order valence-corrected chi connectivity index (χ2v) is 11.0. The van der Waals surface area contributed by atoms with E-state index in [0.717, 1.165) is 23.3 Å². The highest BCUT2D eigenvalue weighted by Gasteiger charge is 2.61. The molecule has 1 aromatic heterocycles. The summed E-state index contributed by atoms with van der Waals surface area (Å²) in [6.07, 6.45) is -9.81. The molecule has 1 saturated heterocycles. The highest BCUT2D eigenvalue weighted by molar-refractivity contribution is 8.15. The van der Waals surface area contributed by atoms with E-state index in [-0.39, 0.29) is 24.1 Å². The SMILES string of the molecule is CC(C)c1ccccc1N1C(=O)CSC1=NC(=O)NCc1ccc(-c2ncn(-c3ccc(OC(F)(F)C(F)(F)F)cc3)n2)cc1. The normalized spacial score (nSPS) is 14.8. The first-order valence-corrected chi connectivity index (χ1v) is 14.5. The molecule has 3 aromatic carbocycles. The first-order chi connectivity index (χ1) is 21.3. The van der Waals surface area contributed by atoms with E-state index in [1.165, 1.54) is 39.8 Å². The third-order valence-electron chi connectivity index (χ3n) is 6.59. The Morgan fingerprint density at radius 2 is 1.71 bits per heavy atom. The number of alkyl halides is 5. The lowest BCUT2D eigenvalue weighted by atomic mass is 10.0. The lowest BCUT2D eigenvalue weighted by Crippen LogP contribution is -2.41. The van der Waals surface area contributed by atoms with Crippen LogP contribution in [0.15, 0.2) is 84.1 Å². The zero-order valence-corrected chi connectivity index (χ0v) is 24.6. The molecule has 4 aromatic rings. The molecule has 0 saturated carbocycles. The highest BCUT2D eigenvalue weighted by Crippen LogP contribution is 2.37. The van der Waals surface area contributed by atoms with E-state index in [1.807, 2.05) is 38.1 Å². The molecule has 0 aliphatic carbocycles. The third kappa shape index (κ3) is 7.14. The van der Waals surface area contributed by atoms with Crippen molar-refractivity contribution in [2.45, 2.75) is 38.6 Å². The van der Waals surface area contributed by atoms with Crippen LogP contribution in [-0.4, -0.2) is 49.9 Å². The largest absolute Gasteiger partial charge is 0.499 e. The zero-order chi connectivity index (χ0) is 32.4. The number of amidine groups is 1. The van der Waals surface area contributed by atoms with Crippen molar-refractivity contribution in [1.82, 2.24) is 20.1 Å². The number of ether oxygens (including phenoxy) is 1. The number of carbonyl (C=O) groups is 2. The molecule has 1 N–H and O–H groups in total. The predicted molar refractivity (Wildman–Crippen MR) is 159 cm³/mol. The third-order valence-corrected chi connectivity index (χ3v) is 7.51. The van der Waals surface area contributed by atoms with Crippen LogP contribution in [-0.2, 0) is 11.3 Å². The number of halogens is 5. The van der Waals surface area contributed by atoms with Gasteiger partial charge < -0.3 is 10.1 Å².